The van der Waals surface area contributed by atoms with Crippen LogP contribution in [0.5, 0.6) is 0 Å². The Labute approximate surface area is 113 Å². The summed E-state index contributed by atoms with van der Waals surface area (Å²) < 4.78 is 0. The maximum Gasteiger partial charge on any atom is 0.0826 e. The van der Waals surface area contributed by atoms with Gasteiger partial charge < -0.3 is 0 Å². The van der Waals surface area contributed by atoms with Gasteiger partial charge in [0.05, 0.1) is 24.4 Å². The Bertz CT molecular complexity index is 513. The summed E-state index contributed by atoms with van der Waals surface area (Å²) in [6, 6.07) is 15.8. The van der Waals surface area contributed by atoms with Crippen LogP contribution >= 0.6 is 11.6 Å². The third-order valence-corrected chi connectivity index (χ3v) is 2.97. The van der Waals surface area contributed by atoms with E-state index in [1.807, 2.05) is 36.4 Å². The molecule has 0 atom stereocenters. The monoisotopic (exact) mass is 260 g/mol. The molecule has 3 heteroatoms. The van der Waals surface area contributed by atoms with Gasteiger partial charge in [-0.05, 0) is 30.2 Å². The molecule has 18 heavy (non-hydrogen) atoms. The predicted molar refractivity (Wildman–Crippen MR) is 75.5 cm³/mol. The van der Waals surface area contributed by atoms with Gasteiger partial charge in [-0.25, -0.2) is 5.06 Å². The highest BCUT2D eigenvalue weighted by Crippen LogP contribution is 2.28. The second kappa shape index (κ2) is 5.89. The van der Waals surface area contributed by atoms with Gasteiger partial charge in [0.1, 0.15) is 0 Å². The highest BCUT2D eigenvalue weighted by molar-refractivity contribution is 6.33. The summed E-state index contributed by atoms with van der Waals surface area (Å²) in [5, 5.41) is 2.40. The number of nitrogens with zero attached hydrogens (tertiary/aromatic N) is 1. The van der Waals surface area contributed by atoms with Gasteiger partial charge in [-0.1, -0.05) is 48.0 Å². The molecular weight excluding hydrogens is 246 g/mol. The van der Waals surface area contributed by atoms with Crippen molar-refractivity contribution in [3.63, 3.8) is 0 Å². The molecule has 0 aliphatic rings. The van der Waals surface area contributed by atoms with Crippen molar-refractivity contribution in [2.75, 3.05) is 12.2 Å². The minimum absolute atomic E-state index is 0.639. The molecule has 0 aromatic heterocycles. The fourth-order valence-corrected chi connectivity index (χ4v) is 2.05. The lowest BCUT2D eigenvalue weighted by atomic mass is 10.2. The van der Waals surface area contributed by atoms with Gasteiger partial charge >= 0.3 is 0 Å². The fourth-order valence-electron chi connectivity index (χ4n) is 1.75. The molecule has 0 amide bonds. The van der Waals surface area contributed by atoms with Crippen LogP contribution in [-0.4, -0.2) is 7.11 Å². The van der Waals surface area contributed by atoms with Gasteiger partial charge in [-0.15, -0.1) is 0 Å². The van der Waals surface area contributed by atoms with Gasteiger partial charge in [0.25, 0.3) is 0 Å². The van der Waals surface area contributed by atoms with Crippen molar-refractivity contribution in [3.8, 4) is 0 Å². The maximum absolute atomic E-state index is 6.21. The average molecular weight is 261 g/mol. The molecule has 0 bridgehead atoms. The lowest BCUT2D eigenvalue weighted by Gasteiger charge is -2.23. The first kappa shape index (κ1) is 12.9. The van der Waals surface area contributed by atoms with Crippen molar-refractivity contribution < 1.29 is 4.84 Å². The summed E-state index contributed by atoms with van der Waals surface area (Å²) in [7, 11) is 1.64. The Morgan fingerprint density at radius 1 is 1.17 bits per heavy atom. The molecule has 2 nitrogen and oxygen atoms in total. The third-order valence-electron chi connectivity index (χ3n) is 2.67. The molecular formula is C15H15ClNO. The van der Waals surface area contributed by atoms with E-state index >= 15 is 0 Å². The first-order chi connectivity index (χ1) is 8.70. The summed E-state index contributed by atoms with van der Waals surface area (Å²) in [5.41, 5.74) is 2.89. The Hall–Kier alpha value is -1.51. The van der Waals surface area contributed by atoms with Crippen molar-refractivity contribution in [3.05, 3.63) is 71.6 Å². The molecule has 0 saturated heterocycles. The first-order valence-electron chi connectivity index (χ1n) is 5.68. The molecule has 2 aromatic rings. The van der Waals surface area contributed by atoms with Gasteiger partial charge in [0.2, 0.25) is 0 Å². The fraction of sp³-hybridized carbons (Fsp3) is 0.133. The zero-order valence-electron chi connectivity index (χ0n) is 10.3. The van der Waals surface area contributed by atoms with E-state index in [0.717, 1.165) is 16.8 Å². The summed E-state index contributed by atoms with van der Waals surface area (Å²) in [5.74, 6) is 0. The zero-order chi connectivity index (χ0) is 13.0. The van der Waals surface area contributed by atoms with E-state index in [9.17, 15) is 0 Å². The van der Waals surface area contributed by atoms with Crippen molar-refractivity contribution in [1.82, 2.24) is 0 Å². The molecule has 0 N–H and O–H groups in total. The normalized spacial score (nSPS) is 10.4. The van der Waals surface area contributed by atoms with Crippen LogP contribution in [0.4, 0.5) is 5.69 Å². The van der Waals surface area contributed by atoms with Gasteiger partial charge in [-0.2, -0.15) is 0 Å². The topological polar surface area (TPSA) is 12.5 Å². The number of hydrogen-bond donors (Lipinski definition) is 0. The maximum atomic E-state index is 6.21. The second-order valence-electron chi connectivity index (χ2n) is 3.99. The van der Waals surface area contributed by atoms with E-state index < -0.39 is 0 Å². The van der Waals surface area contributed by atoms with Crippen molar-refractivity contribution in [2.45, 2.75) is 6.54 Å². The van der Waals surface area contributed by atoms with Crippen LogP contribution in [0.1, 0.15) is 11.1 Å². The van der Waals surface area contributed by atoms with Crippen LogP contribution in [0.15, 0.2) is 48.5 Å². The molecule has 93 valence electrons. The minimum atomic E-state index is 0.639. The Morgan fingerprint density at radius 2 is 1.89 bits per heavy atom. The van der Waals surface area contributed by atoms with E-state index in [-0.39, 0.29) is 0 Å². The van der Waals surface area contributed by atoms with Crippen molar-refractivity contribution in [2.24, 2.45) is 0 Å². The third kappa shape index (κ3) is 3.03. The molecule has 0 unspecified atom stereocenters. The Kier molecular flexibility index (Phi) is 4.24. The predicted octanol–water partition coefficient (Wildman–Crippen LogP) is 4.09. The van der Waals surface area contributed by atoms with E-state index in [0.29, 0.717) is 11.6 Å². The molecule has 0 aliphatic carbocycles. The van der Waals surface area contributed by atoms with E-state index in [2.05, 4.69) is 19.1 Å². The minimum Gasteiger partial charge on any atom is -0.276 e. The van der Waals surface area contributed by atoms with E-state index in [1.54, 1.807) is 12.2 Å². The van der Waals surface area contributed by atoms with Crippen LogP contribution < -0.4 is 5.06 Å². The molecule has 0 spiro atoms. The number of halogens is 1. The summed E-state index contributed by atoms with van der Waals surface area (Å²) in [6.07, 6.45) is 0. The van der Waals surface area contributed by atoms with Gasteiger partial charge in [-0.3, -0.25) is 4.84 Å². The number of hydroxylamine groups is 1. The number of rotatable bonds is 4. The van der Waals surface area contributed by atoms with Gasteiger partial charge in [0, 0.05) is 0 Å². The Balaban J connectivity index is 2.23. The van der Waals surface area contributed by atoms with Crippen LogP contribution in [0.25, 0.3) is 0 Å². The van der Waals surface area contributed by atoms with Crippen molar-refractivity contribution in [1.29, 1.82) is 0 Å². The Morgan fingerprint density at radius 3 is 2.50 bits per heavy atom. The standard InChI is InChI=1S/C15H15ClNO/c1-12-8-9-15(14(16)10-12)17(18-2)11-13-6-4-3-5-7-13/h3-10H,1,11H2,2H3. The van der Waals surface area contributed by atoms with E-state index in [1.165, 1.54) is 0 Å². The molecule has 0 fully saturated rings. The molecule has 2 rings (SSSR count). The molecule has 0 heterocycles. The number of hydrogen-bond acceptors (Lipinski definition) is 2. The lowest BCUT2D eigenvalue weighted by Crippen LogP contribution is -2.21. The molecule has 2 aromatic carbocycles. The number of anilines is 1. The van der Waals surface area contributed by atoms with Crippen LogP contribution in [-0.2, 0) is 11.4 Å². The highest BCUT2D eigenvalue weighted by Gasteiger charge is 2.10. The van der Waals surface area contributed by atoms with E-state index in [4.69, 9.17) is 16.4 Å². The molecule has 0 saturated carbocycles. The highest BCUT2D eigenvalue weighted by atomic mass is 35.5. The molecule has 0 aliphatic heterocycles. The smallest absolute Gasteiger partial charge is 0.0826 e. The number of benzene rings is 2. The van der Waals surface area contributed by atoms with Crippen molar-refractivity contribution >= 4 is 17.3 Å². The van der Waals surface area contributed by atoms with Crippen LogP contribution in [0.2, 0.25) is 5.02 Å². The van der Waals surface area contributed by atoms with Gasteiger partial charge in [0.15, 0.2) is 0 Å². The quantitative estimate of drug-likeness (QED) is 0.768. The molecule has 1 radical (unpaired) electrons. The zero-order valence-corrected chi connectivity index (χ0v) is 11.0. The SMILES string of the molecule is [CH2]c1ccc(N(Cc2ccccc2)OC)c(Cl)c1. The summed E-state index contributed by atoms with van der Waals surface area (Å²) in [6.45, 7) is 4.49. The van der Waals surface area contributed by atoms with Crippen LogP contribution in [0, 0.1) is 6.92 Å². The van der Waals surface area contributed by atoms with Crippen LogP contribution in [0.3, 0.4) is 0 Å². The lowest BCUT2D eigenvalue weighted by molar-refractivity contribution is 0.163. The second-order valence-corrected chi connectivity index (χ2v) is 4.40. The largest absolute Gasteiger partial charge is 0.276 e. The summed E-state index contributed by atoms with van der Waals surface area (Å²) >= 11 is 6.21. The average Bonchev–Trinajstić information content (AvgIpc) is 2.38. The summed E-state index contributed by atoms with van der Waals surface area (Å²) in [4.78, 5) is 5.39. The first-order valence-corrected chi connectivity index (χ1v) is 6.05.